The first-order valence-corrected chi connectivity index (χ1v) is 12.5. The van der Waals surface area contributed by atoms with E-state index in [-0.39, 0.29) is 11.5 Å². The van der Waals surface area contributed by atoms with E-state index < -0.39 is 15.4 Å². The Bertz CT molecular complexity index is 805. The first-order chi connectivity index (χ1) is 13.7. The van der Waals surface area contributed by atoms with Crippen LogP contribution in [0.1, 0.15) is 38.5 Å². The molecule has 9 heteroatoms. The summed E-state index contributed by atoms with van der Waals surface area (Å²) in [5.74, 6) is 2.16. The summed E-state index contributed by atoms with van der Waals surface area (Å²) in [6, 6.07) is 3.10. The van der Waals surface area contributed by atoms with Crippen LogP contribution in [0.5, 0.6) is 0 Å². The quantitative estimate of drug-likeness (QED) is 0.722. The molecule has 3 aliphatic rings. The Morgan fingerprint density at radius 3 is 2.24 bits per heavy atom. The highest BCUT2D eigenvalue weighted by molar-refractivity contribution is 7.91. The third kappa shape index (κ3) is 5.00. The lowest BCUT2D eigenvalue weighted by Crippen LogP contribution is -2.52. The molecule has 2 aliphatic heterocycles. The highest BCUT2D eigenvalue weighted by Crippen LogP contribution is 2.36. The molecule has 0 spiro atoms. The lowest BCUT2D eigenvalue weighted by molar-refractivity contribution is -0.0105. The van der Waals surface area contributed by atoms with E-state index in [0.717, 1.165) is 37.6 Å². The number of hydrogen-bond acceptors (Lipinski definition) is 8. The molecule has 0 unspecified atom stereocenters. The number of piperidine rings is 1. The molecule has 1 aromatic heterocycles. The van der Waals surface area contributed by atoms with Crippen LogP contribution in [0.3, 0.4) is 0 Å². The van der Waals surface area contributed by atoms with Crippen LogP contribution in [0.4, 0.5) is 11.6 Å². The molecular formula is C20H33N5O3S. The summed E-state index contributed by atoms with van der Waals surface area (Å²) >= 11 is 0. The molecule has 8 nitrogen and oxygen atoms in total. The average Bonchev–Trinajstić information content (AvgIpc) is 3.52. The summed E-state index contributed by atoms with van der Waals surface area (Å²) in [5, 5.41) is 10.9. The van der Waals surface area contributed by atoms with Crippen molar-refractivity contribution in [2.24, 2.45) is 0 Å². The van der Waals surface area contributed by atoms with Crippen molar-refractivity contribution in [3.63, 3.8) is 0 Å². The number of β-amino-alcohol motifs (C(OH)–C–C–N with tert-alkyl or cyclic N) is 1. The van der Waals surface area contributed by atoms with Gasteiger partial charge in [-0.1, -0.05) is 0 Å². The average molecular weight is 424 g/mol. The van der Waals surface area contributed by atoms with Gasteiger partial charge in [0, 0.05) is 51.9 Å². The van der Waals surface area contributed by atoms with Gasteiger partial charge >= 0.3 is 0 Å². The summed E-state index contributed by atoms with van der Waals surface area (Å²) in [6.45, 7) is 2.43. The fourth-order valence-electron chi connectivity index (χ4n) is 4.60. The Labute approximate surface area is 173 Å². The Balaban J connectivity index is 1.37. The normalized spacial score (nSPS) is 24.9. The van der Waals surface area contributed by atoms with Crippen LogP contribution in [0.2, 0.25) is 0 Å². The van der Waals surface area contributed by atoms with Gasteiger partial charge in [-0.25, -0.2) is 18.4 Å². The van der Waals surface area contributed by atoms with Gasteiger partial charge in [0.15, 0.2) is 9.84 Å². The zero-order valence-corrected chi connectivity index (χ0v) is 18.3. The van der Waals surface area contributed by atoms with Gasteiger partial charge in [-0.3, -0.25) is 0 Å². The van der Waals surface area contributed by atoms with Gasteiger partial charge in [0.05, 0.1) is 17.1 Å². The van der Waals surface area contributed by atoms with E-state index in [1.54, 1.807) is 6.33 Å². The van der Waals surface area contributed by atoms with E-state index >= 15 is 0 Å². The third-order valence-corrected chi connectivity index (χ3v) is 8.18. The first-order valence-electron chi connectivity index (χ1n) is 10.7. The van der Waals surface area contributed by atoms with Crippen LogP contribution in [0.25, 0.3) is 0 Å². The molecule has 1 aliphatic carbocycles. The monoisotopic (exact) mass is 423 g/mol. The first kappa shape index (κ1) is 20.8. The molecule has 3 fully saturated rings. The number of aromatic nitrogens is 2. The maximum absolute atomic E-state index is 11.7. The van der Waals surface area contributed by atoms with Crippen molar-refractivity contribution in [3.8, 4) is 0 Å². The standard InChI is InChI=1S/C20H33N5O3S/c1-23(2)18-13-19(22-15-21-18)25(16-3-4-16)17-5-9-24(10-6-17)14-20(26)7-11-29(27,28)12-8-20/h13,15-17,26H,3-12,14H2,1-2H3. The number of likely N-dealkylation sites (tertiary alicyclic amines) is 1. The summed E-state index contributed by atoms with van der Waals surface area (Å²) in [6.07, 6.45) is 6.88. The fraction of sp³-hybridized carbons (Fsp3) is 0.800. The Kier molecular flexibility index (Phi) is 5.74. The molecule has 3 heterocycles. The molecule has 29 heavy (non-hydrogen) atoms. The van der Waals surface area contributed by atoms with E-state index in [1.165, 1.54) is 12.8 Å². The number of sulfone groups is 1. The summed E-state index contributed by atoms with van der Waals surface area (Å²) < 4.78 is 23.4. The van der Waals surface area contributed by atoms with Crippen molar-refractivity contribution >= 4 is 21.5 Å². The maximum atomic E-state index is 11.7. The highest BCUT2D eigenvalue weighted by Gasteiger charge is 2.40. The molecule has 1 saturated carbocycles. The van der Waals surface area contributed by atoms with E-state index in [2.05, 4.69) is 25.8 Å². The summed E-state index contributed by atoms with van der Waals surface area (Å²) in [4.78, 5) is 15.7. The second-order valence-electron chi connectivity index (χ2n) is 9.15. The topological polar surface area (TPSA) is 89.9 Å². The molecule has 2 saturated heterocycles. The Hall–Kier alpha value is -1.45. The second kappa shape index (κ2) is 8.00. The summed E-state index contributed by atoms with van der Waals surface area (Å²) in [5.41, 5.74) is -0.860. The third-order valence-electron chi connectivity index (χ3n) is 6.53. The minimum Gasteiger partial charge on any atom is -0.388 e. The van der Waals surface area contributed by atoms with Gasteiger partial charge in [-0.05, 0) is 38.5 Å². The van der Waals surface area contributed by atoms with Crippen molar-refractivity contribution < 1.29 is 13.5 Å². The van der Waals surface area contributed by atoms with Crippen LogP contribution in [0.15, 0.2) is 12.4 Å². The van der Waals surface area contributed by atoms with Crippen molar-refractivity contribution in [1.82, 2.24) is 14.9 Å². The number of hydrogen-bond donors (Lipinski definition) is 1. The van der Waals surface area contributed by atoms with Crippen LogP contribution in [-0.2, 0) is 9.84 Å². The number of rotatable bonds is 6. The smallest absolute Gasteiger partial charge is 0.150 e. The number of aliphatic hydroxyl groups is 1. The molecule has 1 aromatic rings. The predicted octanol–water partition coefficient (Wildman–Crippen LogP) is 0.916. The van der Waals surface area contributed by atoms with E-state index in [0.29, 0.717) is 31.5 Å². The lowest BCUT2D eigenvalue weighted by Gasteiger charge is -2.42. The molecule has 0 amide bonds. The Morgan fingerprint density at radius 1 is 1.07 bits per heavy atom. The van der Waals surface area contributed by atoms with Crippen LogP contribution in [-0.4, -0.2) is 91.3 Å². The zero-order valence-electron chi connectivity index (χ0n) is 17.5. The second-order valence-corrected chi connectivity index (χ2v) is 11.5. The fourth-order valence-corrected chi connectivity index (χ4v) is 6.18. The number of anilines is 2. The van der Waals surface area contributed by atoms with Crippen LogP contribution in [0, 0.1) is 0 Å². The Morgan fingerprint density at radius 2 is 1.66 bits per heavy atom. The van der Waals surface area contributed by atoms with Crippen LogP contribution < -0.4 is 9.80 Å². The van der Waals surface area contributed by atoms with Gasteiger partial charge in [0.2, 0.25) is 0 Å². The van der Waals surface area contributed by atoms with Crippen molar-refractivity contribution in [2.45, 2.75) is 56.2 Å². The zero-order chi connectivity index (χ0) is 20.6. The van der Waals surface area contributed by atoms with Gasteiger partial charge in [0.1, 0.15) is 18.0 Å². The van der Waals surface area contributed by atoms with E-state index in [1.807, 2.05) is 19.0 Å². The lowest BCUT2D eigenvalue weighted by atomic mass is 9.94. The van der Waals surface area contributed by atoms with E-state index in [9.17, 15) is 13.5 Å². The SMILES string of the molecule is CN(C)c1cc(N(C2CC2)C2CCN(CC3(O)CCS(=O)(=O)CC3)CC2)ncn1. The maximum Gasteiger partial charge on any atom is 0.150 e. The molecule has 1 N–H and O–H groups in total. The van der Waals surface area contributed by atoms with Crippen molar-refractivity contribution in [2.75, 3.05) is 55.0 Å². The van der Waals surface area contributed by atoms with Gasteiger partial charge in [0.25, 0.3) is 0 Å². The molecule has 0 radical (unpaired) electrons. The molecule has 162 valence electrons. The molecule has 0 atom stereocenters. The van der Waals surface area contributed by atoms with Crippen molar-refractivity contribution in [3.05, 3.63) is 12.4 Å². The van der Waals surface area contributed by atoms with Gasteiger partial charge < -0.3 is 19.8 Å². The van der Waals surface area contributed by atoms with Gasteiger partial charge in [-0.15, -0.1) is 0 Å². The molecule has 4 rings (SSSR count). The number of nitrogens with zero attached hydrogens (tertiary/aromatic N) is 5. The van der Waals surface area contributed by atoms with Crippen LogP contribution >= 0.6 is 0 Å². The highest BCUT2D eigenvalue weighted by atomic mass is 32.2. The summed E-state index contributed by atoms with van der Waals surface area (Å²) in [7, 11) is 1.03. The molecular weight excluding hydrogens is 390 g/mol. The van der Waals surface area contributed by atoms with E-state index in [4.69, 9.17) is 0 Å². The molecule has 0 aromatic carbocycles. The predicted molar refractivity (Wildman–Crippen MR) is 114 cm³/mol. The largest absolute Gasteiger partial charge is 0.388 e. The minimum atomic E-state index is -2.96. The minimum absolute atomic E-state index is 0.108. The molecule has 0 bridgehead atoms. The van der Waals surface area contributed by atoms with Gasteiger partial charge in [-0.2, -0.15) is 0 Å². The van der Waals surface area contributed by atoms with Crippen molar-refractivity contribution in [1.29, 1.82) is 0 Å².